The van der Waals surface area contributed by atoms with E-state index in [-0.39, 0.29) is 30.2 Å². The summed E-state index contributed by atoms with van der Waals surface area (Å²) in [6.07, 6.45) is 1.21. The van der Waals surface area contributed by atoms with Gasteiger partial charge in [-0.3, -0.25) is 4.79 Å². The molecule has 5 nitrogen and oxygen atoms in total. The maximum absolute atomic E-state index is 11.6. The van der Waals surface area contributed by atoms with Crippen LogP contribution in [0.5, 0.6) is 5.75 Å². The number of nitrogens with zero attached hydrogens (tertiary/aromatic N) is 1. The molecule has 0 fully saturated rings. The first-order valence-electron chi connectivity index (χ1n) is 5.38. The summed E-state index contributed by atoms with van der Waals surface area (Å²) in [7, 11) is 0. The van der Waals surface area contributed by atoms with Crippen molar-refractivity contribution >= 4 is 11.3 Å². The van der Waals surface area contributed by atoms with Crippen LogP contribution in [0.3, 0.4) is 0 Å². The molecule has 18 heavy (non-hydrogen) atoms. The molecule has 0 bridgehead atoms. The average molecular weight is 267 g/mol. The van der Waals surface area contributed by atoms with Crippen molar-refractivity contribution in [3.8, 4) is 5.75 Å². The van der Waals surface area contributed by atoms with E-state index in [9.17, 15) is 4.79 Å². The predicted octanol–water partition coefficient (Wildman–Crippen LogP) is 1.78. The monoisotopic (exact) mass is 267 g/mol. The van der Waals surface area contributed by atoms with Crippen molar-refractivity contribution in [3.63, 3.8) is 0 Å². The third-order valence-corrected chi connectivity index (χ3v) is 3.48. The summed E-state index contributed by atoms with van der Waals surface area (Å²) in [5, 5.41) is 9.63. The van der Waals surface area contributed by atoms with Crippen molar-refractivity contribution in [1.82, 2.24) is 4.98 Å². The van der Waals surface area contributed by atoms with Crippen LogP contribution in [0.1, 0.15) is 21.3 Å². The molecular formula is C12H13NO4S. The fraction of sp³-hybridized carbons (Fsp3) is 0.333. The summed E-state index contributed by atoms with van der Waals surface area (Å²) in [6.45, 7) is 3.85. The molecule has 2 rings (SSSR count). The van der Waals surface area contributed by atoms with Crippen molar-refractivity contribution in [1.29, 1.82) is 0 Å². The first-order chi connectivity index (χ1) is 8.60. The molecule has 0 aromatic carbocycles. The highest BCUT2D eigenvalue weighted by Gasteiger charge is 2.07. The fourth-order valence-electron chi connectivity index (χ4n) is 1.37. The molecule has 0 aliphatic rings. The fourth-order valence-corrected chi connectivity index (χ4v) is 2.21. The molecule has 2 heterocycles. The lowest BCUT2D eigenvalue weighted by atomic mass is 10.4. The minimum absolute atomic E-state index is 0.123. The normalized spacial score (nSPS) is 10.6. The zero-order chi connectivity index (χ0) is 13.1. The highest BCUT2D eigenvalue weighted by atomic mass is 32.1. The summed E-state index contributed by atoms with van der Waals surface area (Å²) in [4.78, 5) is 17.0. The number of aliphatic hydroxyl groups excluding tert-OH is 1. The number of aryl methyl sites for hydroxylation is 2. The molecule has 0 radical (unpaired) electrons. The Kier molecular flexibility index (Phi) is 3.78. The minimum atomic E-state index is -0.310. The van der Waals surface area contributed by atoms with Crippen LogP contribution in [-0.4, -0.2) is 10.1 Å². The molecule has 0 aliphatic heterocycles. The summed E-state index contributed by atoms with van der Waals surface area (Å²) in [5.74, 6) is 0.339. The van der Waals surface area contributed by atoms with Gasteiger partial charge in [-0.15, -0.1) is 11.3 Å². The van der Waals surface area contributed by atoms with Gasteiger partial charge in [-0.25, -0.2) is 4.98 Å². The van der Waals surface area contributed by atoms with E-state index in [1.807, 2.05) is 13.8 Å². The molecule has 0 aliphatic carbocycles. The first kappa shape index (κ1) is 12.8. The maximum Gasteiger partial charge on any atom is 0.227 e. The number of ether oxygens (including phenoxy) is 1. The molecule has 0 saturated heterocycles. The standard InChI is InChI=1S/C12H13NO4S/c1-7-8(2)18-12(13-7)6-17-11-5-16-9(4-14)3-10(11)15/h3,5,14H,4,6H2,1-2H3. The zero-order valence-electron chi connectivity index (χ0n) is 10.1. The maximum atomic E-state index is 11.6. The summed E-state index contributed by atoms with van der Waals surface area (Å²) >= 11 is 1.54. The van der Waals surface area contributed by atoms with Crippen molar-refractivity contribution in [2.45, 2.75) is 27.1 Å². The molecule has 0 saturated carbocycles. The van der Waals surface area contributed by atoms with Gasteiger partial charge in [0.15, 0.2) is 0 Å². The van der Waals surface area contributed by atoms with Crippen LogP contribution < -0.4 is 10.2 Å². The van der Waals surface area contributed by atoms with Gasteiger partial charge < -0.3 is 14.3 Å². The number of aliphatic hydroxyl groups is 1. The Bertz CT molecular complexity index is 583. The molecule has 0 amide bonds. The second-order valence-electron chi connectivity index (χ2n) is 3.77. The highest BCUT2D eigenvalue weighted by Crippen LogP contribution is 2.18. The zero-order valence-corrected chi connectivity index (χ0v) is 10.9. The summed E-state index contributed by atoms with van der Waals surface area (Å²) in [5.41, 5.74) is 0.663. The van der Waals surface area contributed by atoms with Crippen LogP contribution in [0.25, 0.3) is 0 Å². The van der Waals surface area contributed by atoms with Crippen LogP contribution in [0.2, 0.25) is 0 Å². The van der Waals surface area contributed by atoms with Crippen molar-refractivity contribution in [3.05, 3.63) is 43.9 Å². The Balaban J connectivity index is 2.08. The number of thiazole rings is 1. The Hall–Kier alpha value is -1.66. The second kappa shape index (κ2) is 5.32. The lowest BCUT2D eigenvalue weighted by molar-refractivity contribution is 0.236. The van der Waals surface area contributed by atoms with Gasteiger partial charge in [-0.1, -0.05) is 0 Å². The molecule has 0 atom stereocenters. The Morgan fingerprint density at radius 2 is 2.28 bits per heavy atom. The van der Waals surface area contributed by atoms with Gasteiger partial charge in [0.2, 0.25) is 11.2 Å². The Morgan fingerprint density at radius 1 is 1.50 bits per heavy atom. The van der Waals surface area contributed by atoms with Crippen LogP contribution in [0.15, 0.2) is 21.5 Å². The van der Waals surface area contributed by atoms with Crippen LogP contribution in [0, 0.1) is 13.8 Å². The predicted molar refractivity (Wildman–Crippen MR) is 66.8 cm³/mol. The number of aromatic nitrogens is 1. The Labute approximate surface area is 108 Å². The highest BCUT2D eigenvalue weighted by molar-refractivity contribution is 7.11. The molecule has 6 heteroatoms. The largest absolute Gasteiger partial charge is 0.479 e. The smallest absolute Gasteiger partial charge is 0.227 e. The van der Waals surface area contributed by atoms with E-state index >= 15 is 0 Å². The quantitative estimate of drug-likeness (QED) is 0.914. The molecule has 2 aromatic heterocycles. The molecule has 2 aromatic rings. The third kappa shape index (κ3) is 2.77. The lowest BCUT2D eigenvalue weighted by Crippen LogP contribution is -2.07. The SMILES string of the molecule is Cc1nc(COc2coc(CO)cc2=O)sc1C. The molecule has 96 valence electrons. The Morgan fingerprint density at radius 3 is 2.83 bits per heavy atom. The second-order valence-corrected chi connectivity index (χ2v) is 5.06. The minimum Gasteiger partial charge on any atom is -0.479 e. The van der Waals surface area contributed by atoms with Gasteiger partial charge in [0.25, 0.3) is 0 Å². The number of rotatable bonds is 4. The van der Waals surface area contributed by atoms with Gasteiger partial charge in [-0.2, -0.15) is 0 Å². The van der Waals surface area contributed by atoms with E-state index in [2.05, 4.69) is 4.98 Å². The van der Waals surface area contributed by atoms with Gasteiger partial charge in [0.05, 0.1) is 5.69 Å². The van der Waals surface area contributed by atoms with E-state index in [0.717, 1.165) is 15.6 Å². The van der Waals surface area contributed by atoms with Crippen molar-refractivity contribution in [2.75, 3.05) is 0 Å². The van der Waals surface area contributed by atoms with Crippen LogP contribution in [-0.2, 0) is 13.2 Å². The molecule has 0 unspecified atom stereocenters. The first-order valence-corrected chi connectivity index (χ1v) is 6.20. The molecular weight excluding hydrogens is 254 g/mol. The van der Waals surface area contributed by atoms with Gasteiger partial charge in [0, 0.05) is 10.9 Å². The van der Waals surface area contributed by atoms with Gasteiger partial charge >= 0.3 is 0 Å². The van der Waals surface area contributed by atoms with E-state index in [1.54, 1.807) is 0 Å². The molecule has 1 N–H and O–H groups in total. The third-order valence-electron chi connectivity index (χ3n) is 2.43. The van der Waals surface area contributed by atoms with Crippen LogP contribution in [0.4, 0.5) is 0 Å². The van der Waals surface area contributed by atoms with E-state index in [1.165, 1.54) is 23.7 Å². The topological polar surface area (TPSA) is 72.6 Å². The van der Waals surface area contributed by atoms with Crippen LogP contribution >= 0.6 is 11.3 Å². The summed E-state index contributed by atoms with van der Waals surface area (Å²) in [6, 6.07) is 1.22. The average Bonchev–Trinajstić information content (AvgIpc) is 2.67. The van der Waals surface area contributed by atoms with Crippen molar-refractivity contribution in [2.24, 2.45) is 0 Å². The lowest BCUT2D eigenvalue weighted by Gasteiger charge is -2.02. The number of hydrogen-bond donors (Lipinski definition) is 1. The number of hydrogen-bond acceptors (Lipinski definition) is 6. The van der Waals surface area contributed by atoms with E-state index < -0.39 is 0 Å². The van der Waals surface area contributed by atoms with E-state index in [4.69, 9.17) is 14.3 Å². The van der Waals surface area contributed by atoms with Gasteiger partial charge in [-0.05, 0) is 13.8 Å². The van der Waals surface area contributed by atoms with E-state index in [0.29, 0.717) is 0 Å². The summed E-state index contributed by atoms with van der Waals surface area (Å²) < 4.78 is 10.4. The molecule has 0 spiro atoms. The van der Waals surface area contributed by atoms with Crippen molar-refractivity contribution < 1.29 is 14.3 Å². The van der Waals surface area contributed by atoms with Gasteiger partial charge in [0.1, 0.15) is 30.2 Å².